The molecule has 2 amide bonds. The molecule has 0 radical (unpaired) electrons. The summed E-state index contributed by atoms with van der Waals surface area (Å²) in [7, 11) is -1.58. The van der Waals surface area contributed by atoms with Crippen LogP contribution in [0.25, 0.3) is 6.08 Å². The summed E-state index contributed by atoms with van der Waals surface area (Å²) >= 11 is 6.31. The molecular formula is C16H14N2O4S3. The number of carbonyl (C=O) groups excluding carboxylic acids is 2. The Bertz CT molecular complexity index is 917. The average molecular weight is 394 g/mol. The molecule has 1 aromatic rings. The number of thioether (sulfide) groups is 1. The van der Waals surface area contributed by atoms with Crippen LogP contribution in [-0.2, 0) is 14.6 Å². The third-order valence-corrected chi connectivity index (χ3v) is 6.58. The predicted octanol–water partition coefficient (Wildman–Crippen LogP) is 1.56. The Labute approximate surface area is 154 Å². The number of nitrogens with one attached hydrogen (secondary N) is 1. The van der Waals surface area contributed by atoms with Gasteiger partial charge in [0.1, 0.15) is 4.32 Å². The Morgan fingerprint density at radius 2 is 2.04 bits per heavy atom. The average Bonchev–Trinajstić information content (AvgIpc) is 3.02. The molecule has 0 aliphatic carbocycles. The highest BCUT2D eigenvalue weighted by Crippen LogP contribution is 2.31. The number of rotatable bonds is 3. The maximum atomic E-state index is 12.2. The number of likely N-dealkylation sites (N-methyl/N-ethyl adjacent to an activating group) is 1. The van der Waals surface area contributed by atoms with E-state index < -0.39 is 15.9 Å². The molecule has 0 saturated carbocycles. The second-order valence-corrected chi connectivity index (χ2v) is 9.21. The van der Waals surface area contributed by atoms with Crippen molar-refractivity contribution in [3.05, 3.63) is 51.8 Å². The molecule has 0 aromatic heterocycles. The first-order valence-electron chi connectivity index (χ1n) is 7.29. The zero-order valence-electron chi connectivity index (χ0n) is 13.1. The summed E-state index contributed by atoms with van der Waals surface area (Å²) < 4.78 is 23.2. The van der Waals surface area contributed by atoms with E-state index >= 15 is 0 Å². The van der Waals surface area contributed by atoms with Crippen LogP contribution in [0.3, 0.4) is 0 Å². The Balaban J connectivity index is 1.68. The fourth-order valence-corrected chi connectivity index (χ4v) is 4.76. The van der Waals surface area contributed by atoms with Crippen LogP contribution >= 0.6 is 24.0 Å². The molecule has 0 bridgehead atoms. The second-order valence-electron chi connectivity index (χ2n) is 5.60. The fourth-order valence-electron chi connectivity index (χ4n) is 2.35. The van der Waals surface area contributed by atoms with E-state index in [2.05, 4.69) is 5.32 Å². The number of hydrogen-bond acceptors (Lipinski definition) is 6. The van der Waals surface area contributed by atoms with Crippen LogP contribution in [0.4, 0.5) is 0 Å². The van der Waals surface area contributed by atoms with Gasteiger partial charge in [0.2, 0.25) is 0 Å². The molecule has 3 rings (SSSR count). The molecule has 1 fully saturated rings. The van der Waals surface area contributed by atoms with Gasteiger partial charge in [-0.25, -0.2) is 8.42 Å². The summed E-state index contributed by atoms with van der Waals surface area (Å²) in [5, 5.41) is 3.78. The topological polar surface area (TPSA) is 83.6 Å². The number of hydrogen-bond donors (Lipinski definition) is 1. The van der Waals surface area contributed by atoms with Crippen molar-refractivity contribution < 1.29 is 18.0 Å². The van der Waals surface area contributed by atoms with Gasteiger partial charge >= 0.3 is 0 Å². The minimum atomic E-state index is -3.21. The smallest absolute Gasteiger partial charge is 0.265 e. The molecule has 2 aliphatic rings. The van der Waals surface area contributed by atoms with Crippen molar-refractivity contribution >= 4 is 56.0 Å². The van der Waals surface area contributed by atoms with Crippen LogP contribution in [0, 0.1) is 0 Å². The highest BCUT2D eigenvalue weighted by Gasteiger charge is 2.28. The molecule has 0 spiro atoms. The predicted molar refractivity (Wildman–Crippen MR) is 102 cm³/mol. The summed E-state index contributed by atoms with van der Waals surface area (Å²) in [4.78, 5) is 26.1. The van der Waals surface area contributed by atoms with Crippen LogP contribution < -0.4 is 5.32 Å². The summed E-state index contributed by atoms with van der Waals surface area (Å²) in [6, 6.07) is 6.18. The minimum Gasteiger partial charge on any atom is -0.345 e. The van der Waals surface area contributed by atoms with Crippen molar-refractivity contribution in [3.8, 4) is 0 Å². The standard InChI is InChI=1S/C16H14N2O4S3/c1-18-15(20)13(24-16(18)23)8-10-2-4-11(5-3-10)14(19)17-12-6-7-25(21,22)9-12/h2-8,12H,9H2,1H3,(H,17,19). The molecule has 1 N–H and O–H groups in total. The SMILES string of the molecule is CN1C(=O)C(=Cc2ccc(C(=O)NC3C=CS(=O)(=O)C3)cc2)SC1=S. The quantitative estimate of drug-likeness (QED) is 0.619. The van der Waals surface area contributed by atoms with Crippen molar-refractivity contribution in [2.75, 3.05) is 12.8 Å². The Morgan fingerprint density at radius 1 is 1.36 bits per heavy atom. The molecule has 130 valence electrons. The largest absolute Gasteiger partial charge is 0.345 e. The monoisotopic (exact) mass is 394 g/mol. The second kappa shape index (κ2) is 6.74. The van der Waals surface area contributed by atoms with Crippen molar-refractivity contribution in [2.24, 2.45) is 0 Å². The van der Waals surface area contributed by atoms with Crippen molar-refractivity contribution in [1.82, 2.24) is 10.2 Å². The van der Waals surface area contributed by atoms with E-state index in [1.807, 2.05) is 0 Å². The maximum Gasteiger partial charge on any atom is 0.265 e. The molecule has 25 heavy (non-hydrogen) atoms. The van der Waals surface area contributed by atoms with Crippen LogP contribution in [0.2, 0.25) is 0 Å². The molecule has 6 nitrogen and oxygen atoms in total. The van der Waals surface area contributed by atoms with E-state index in [9.17, 15) is 18.0 Å². The van der Waals surface area contributed by atoms with Gasteiger partial charge < -0.3 is 5.32 Å². The highest BCUT2D eigenvalue weighted by atomic mass is 32.2. The third kappa shape index (κ3) is 4.00. The zero-order valence-corrected chi connectivity index (χ0v) is 15.6. The van der Waals surface area contributed by atoms with Gasteiger partial charge in [0.05, 0.1) is 16.7 Å². The van der Waals surface area contributed by atoms with Gasteiger partial charge in [0.15, 0.2) is 9.84 Å². The van der Waals surface area contributed by atoms with Crippen molar-refractivity contribution in [3.63, 3.8) is 0 Å². The van der Waals surface area contributed by atoms with Gasteiger partial charge in [0, 0.05) is 18.0 Å². The van der Waals surface area contributed by atoms with Gasteiger partial charge in [-0.05, 0) is 29.8 Å². The van der Waals surface area contributed by atoms with E-state index in [0.717, 1.165) is 11.0 Å². The lowest BCUT2D eigenvalue weighted by molar-refractivity contribution is -0.121. The third-order valence-electron chi connectivity index (χ3n) is 3.70. The fraction of sp³-hybridized carbons (Fsp3) is 0.188. The van der Waals surface area contributed by atoms with Gasteiger partial charge in [-0.3, -0.25) is 14.5 Å². The zero-order chi connectivity index (χ0) is 18.2. The number of amides is 2. The van der Waals surface area contributed by atoms with Crippen LogP contribution in [0.5, 0.6) is 0 Å². The first-order valence-corrected chi connectivity index (χ1v) is 10.2. The molecule has 2 heterocycles. The number of carbonyl (C=O) groups is 2. The highest BCUT2D eigenvalue weighted by molar-refractivity contribution is 8.26. The summed E-state index contributed by atoms with van der Waals surface area (Å²) in [6.45, 7) is 0. The van der Waals surface area contributed by atoms with Gasteiger partial charge in [0.25, 0.3) is 11.8 Å². The molecule has 1 saturated heterocycles. The lowest BCUT2D eigenvalue weighted by Gasteiger charge is -2.10. The van der Waals surface area contributed by atoms with E-state index in [1.54, 1.807) is 37.4 Å². The Kier molecular flexibility index (Phi) is 4.81. The van der Waals surface area contributed by atoms with Crippen LogP contribution in [0.15, 0.2) is 40.7 Å². The summed E-state index contributed by atoms with van der Waals surface area (Å²) in [5.41, 5.74) is 1.19. The van der Waals surface area contributed by atoms with E-state index in [4.69, 9.17) is 12.2 Å². The molecule has 2 aliphatic heterocycles. The minimum absolute atomic E-state index is 0.115. The van der Waals surface area contributed by atoms with E-state index in [0.29, 0.717) is 14.8 Å². The Morgan fingerprint density at radius 3 is 2.56 bits per heavy atom. The molecule has 9 heteroatoms. The van der Waals surface area contributed by atoms with Gasteiger partial charge in [-0.1, -0.05) is 36.1 Å². The first-order chi connectivity index (χ1) is 11.7. The molecule has 1 unspecified atom stereocenters. The number of thiocarbonyl (C=S) groups is 1. The molecule has 1 atom stereocenters. The van der Waals surface area contributed by atoms with E-state index in [1.165, 1.54) is 22.7 Å². The molecule has 1 aromatic carbocycles. The number of nitrogens with zero attached hydrogens (tertiary/aromatic N) is 1. The lowest BCUT2D eigenvalue weighted by Crippen LogP contribution is -2.35. The summed E-state index contributed by atoms with van der Waals surface area (Å²) in [5.74, 6) is -0.611. The Hall–Kier alpha value is -1.97. The van der Waals surface area contributed by atoms with Gasteiger partial charge in [-0.2, -0.15) is 0 Å². The lowest BCUT2D eigenvalue weighted by atomic mass is 10.1. The maximum absolute atomic E-state index is 12.2. The number of benzene rings is 1. The molecular weight excluding hydrogens is 380 g/mol. The van der Waals surface area contributed by atoms with Crippen molar-refractivity contribution in [2.45, 2.75) is 6.04 Å². The normalized spacial score (nSPS) is 23.5. The van der Waals surface area contributed by atoms with Crippen LogP contribution in [-0.4, -0.2) is 48.3 Å². The first kappa shape index (κ1) is 17.8. The summed E-state index contributed by atoms with van der Waals surface area (Å²) in [6.07, 6.45) is 3.19. The van der Waals surface area contributed by atoms with Crippen LogP contribution in [0.1, 0.15) is 15.9 Å². The van der Waals surface area contributed by atoms with Crippen molar-refractivity contribution in [1.29, 1.82) is 0 Å². The van der Waals surface area contributed by atoms with E-state index in [-0.39, 0.29) is 17.6 Å². The number of sulfone groups is 1. The van der Waals surface area contributed by atoms with Gasteiger partial charge in [-0.15, -0.1) is 0 Å².